The lowest BCUT2D eigenvalue weighted by Gasteiger charge is -2.39. The third-order valence-corrected chi connectivity index (χ3v) is 7.45. The number of piperidine rings is 1. The molecule has 4 rings (SSSR count). The summed E-state index contributed by atoms with van der Waals surface area (Å²) in [6, 6.07) is 16.2. The number of fused-ring (bicyclic) bond motifs is 2. The van der Waals surface area contributed by atoms with E-state index in [2.05, 4.69) is 57.8 Å². The average molecular weight is 575 g/mol. The van der Waals surface area contributed by atoms with E-state index in [0.29, 0.717) is 29.0 Å². The Bertz CT molecular complexity index is 835. The Morgan fingerprint density at radius 3 is 2.52 bits per heavy atom. The molecule has 0 spiro atoms. The van der Waals surface area contributed by atoms with Crippen molar-refractivity contribution in [3.05, 3.63) is 57.2 Å². The molecule has 2 fully saturated rings. The van der Waals surface area contributed by atoms with Crippen molar-refractivity contribution in [3.8, 4) is 0 Å². The van der Waals surface area contributed by atoms with Crippen molar-refractivity contribution in [1.82, 2.24) is 15.5 Å². The monoisotopic (exact) mass is 574 g/mol. The molecule has 0 radical (unpaired) electrons. The normalized spacial score (nSPS) is 24.5. The molecule has 2 aliphatic rings. The first-order chi connectivity index (χ1) is 14.6. The first-order valence-corrected chi connectivity index (χ1v) is 12.1. The number of guanidine groups is 1. The highest BCUT2D eigenvalue weighted by Gasteiger charge is 2.40. The summed E-state index contributed by atoms with van der Waals surface area (Å²) in [5, 5.41) is 17.4. The molecule has 3 atom stereocenters. The summed E-state index contributed by atoms with van der Waals surface area (Å²) in [5.41, 5.74) is 1.40. The fourth-order valence-electron chi connectivity index (χ4n) is 4.73. The number of nitrogens with one attached hydrogen (secondary N) is 2. The van der Waals surface area contributed by atoms with Gasteiger partial charge in [0, 0.05) is 36.1 Å². The number of hydrogen-bond acceptors (Lipinski definition) is 4. The summed E-state index contributed by atoms with van der Waals surface area (Å²) < 4.78 is 0.691. The van der Waals surface area contributed by atoms with Crippen molar-refractivity contribution in [2.75, 3.05) is 13.1 Å². The predicted octanol–water partition coefficient (Wildman–Crippen LogP) is 4.80. The van der Waals surface area contributed by atoms with Gasteiger partial charge >= 0.3 is 0 Å². The smallest absolute Gasteiger partial charge is 0.191 e. The topological polar surface area (TPSA) is 59.9 Å². The van der Waals surface area contributed by atoms with Gasteiger partial charge in [0.2, 0.25) is 0 Å². The Morgan fingerprint density at radius 1 is 1.19 bits per heavy atom. The number of aliphatic imine (C=N–C) groups is 1. The fourth-order valence-corrected chi connectivity index (χ4v) is 5.77. The van der Waals surface area contributed by atoms with Crippen molar-refractivity contribution in [2.24, 2.45) is 4.99 Å². The Morgan fingerprint density at radius 2 is 1.90 bits per heavy atom. The maximum Gasteiger partial charge on any atom is 0.191 e. The second kappa shape index (κ2) is 11.8. The van der Waals surface area contributed by atoms with Crippen LogP contribution >= 0.6 is 46.9 Å². The van der Waals surface area contributed by atoms with Crippen LogP contribution in [0.15, 0.2) is 47.5 Å². The second-order valence-electron chi connectivity index (χ2n) is 8.23. The van der Waals surface area contributed by atoms with E-state index in [1.807, 2.05) is 12.1 Å². The van der Waals surface area contributed by atoms with Gasteiger partial charge in [-0.05, 0) is 50.3 Å². The number of aliphatic hydroxyl groups is 1. The second-order valence-corrected chi connectivity index (χ2v) is 9.98. The standard InChI is InChI=1S/C23H31ClN4OS.HI/c1-2-25-23(26-14-20(29)21-10-11-22(24)30-21)27-17-12-18-8-9-19(13-17)28(18)15-16-6-4-3-5-7-16;/h3-7,10-11,17-20,29H,2,8-9,12-15H2,1H3,(H2,25,26,27);1H. The molecule has 0 saturated carbocycles. The molecule has 2 bridgehead atoms. The van der Waals surface area contributed by atoms with Crippen LogP contribution in [0.4, 0.5) is 0 Å². The van der Waals surface area contributed by atoms with Crippen LogP contribution in [0.1, 0.15) is 49.2 Å². The highest BCUT2D eigenvalue weighted by molar-refractivity contribution is 14.0. The van der Waals surface area contributed by atoms with Crippen molar-refractivity contribution in [2.45, 2.75) is 63.4 Å². The third-order valence-electron chi connectivity index (χ3n) is 6.12. The Labute approximate surface area is 211 Å². The van der Waals surface area contributed by atoms with Crippen molar-refractivity contribution < 1.29 is 5.11 Å². The highest BCUT2D eigenvalue weighted by atomic mass is 127. The van der Waals surface area contributed by atoms with E-state index in [1.54, 1.807) is 0 Å². The minimum atomic E-state index is -0.623. The lowest BCUT2D eigenvalue weighted by atomic mass is 9.96. The van der Waals surface area contributed by atoms with Crippen LogP contribution in [0.25, 0.3) is 0 Å². The van der Waals surface area contributed by atoms with Gasteiger partial charge in [-0.1, -0.05) is 41.9 Å². The summed E-state index contributed by atoms with van der Waals surface area (Å²) in [6.07, 6.45) is 4.21. The Hall–Kier alpha value is -0.870. The van der Waals surface area contributed by atoms with E-state index < -0.39 is 6.10 Å². The summed E-state index contributed by atoms with van der Waals surface area (Å²) in [5.74, 6) is 0.792. The van der Waals surface area contributed by atoms with Crippen LogP contribution in [0.2, 0.25) is 4.34 Å². The van der Waals surface area contributed by atoms with Gasteiger partial charge in [0.25, 0.3) is 0 Å². The van der Waals surface area contributed by atoms with E-state index in [4.69, 9.17) is 11.6 Å². The summed E-state index contributed by atoms with van der Waals surface area (Å²) in [4.78, 5) is 8.19. The predicted molar refractivity (Wildman–Crippen MR) is 141 cm³/mol. The molecule has 3 heterocycles. The number of nitrogens with zero attached hydrogens (tertiary/aromatic N) is 2. The van der Waals surface area contributed by atoms with Gasteiger partial charge in [0.1, 0.15) is 6.10 Å². The van der Waals surface area contributed by atoms with Crippen molar-refractivity contribution in [1.29, 1.82) is 0 Å². The molecule has 2 aliphatic heterocycles. The van der Waals surface area contributed by atoms with Gasteiger partial charge in [-0.2, -0.15) is 0 Å². The van der Waals surface area contributed by atoms with Crippen LogP contribution in [-0.4, -0.2) is 47.2 Å². The summed E-state index contributed by atoms with van der Waals surface area (Å²) >= 11 is 7.39. The molecule has 170 valence electrons. The minimum absolute atomic E-state index is 0. The van der Waals surface area contributed by atoms with Crippen molar-refractivity contribution >= 4 is 52.9 Å². The lowest BCUT2D eigenvalue weighted by molar-refractivity contribution is 0.114. The number of aliphatic hydroxyl groups excluding tert-OH is 1. The van der Waals surface area contributed by atoms with E-state index >= 15 is 0 Å². The molecule has 0 amide bonds. The molecule has 1 aromatic heterocycles. The number of thiophene rings is 1. The van der Waals surface area contributed by atoms with E-state index in [-0.39, 0.29) is 24.0 Å². The zero-order chi connectivity index (χ0) is 20.9. The maximum absolute atomic E-state index is 10.4. The van der Waals surface area contributed by atoms with Gasteiger partial charge in [0.15, 0.2) is 5.96 Å². The molecular formula is C23H32ClIN4OS. The van der Waals surface area contributed by atoms with Gasteiger partial charge in [-0.15, -0.1) is 35.3 Å². The molecule has 3 unspecified atom stereocenters. The first-order valence-electron chi connectivity index (χ1n) is 10.9. The summed E-state index contributed by atoms with van der Waals surface area (Å²) in [7, 11) is 0. The van der Waals surface area contributed by atoms with Gasteiger partial charge in [-0.3, -0.25) is 9.89 Å². The highest BCUT2D eigenvalue weighted by Crippen LogP contribution is 2.36. The van der Waals surface area contributed by atoms with Crippen LogP contribution < -0.4 is 10.6 Å². The zero-order valence-electron chi connectivity index (χ0n) is 17.8. The summed E-state index contributed by atoms with van der Waals surface area (Å²) in [6.45, 7) is 4.24. The number of halogens is 2. The SMILES string of the molecule is CCNC(=NCC(O)c1ccc(Cl)s1)NC1CC2CCC(C1)N2Cc1ccccc1.I. The average Bonchev–Trinajstić information content (AvgIpc) is 3.27. The van der Waals surface area contributed by atoms with Gasteiger partial charge in [-0.25, -0.2) is 0 Å². The zero-order valence-corrected chi connectivity index (χ0v) is 21.7. The third kappa shape index (κ3) is 6.57. The largest absolute Gasteiger partial charge is 0.386 e. The fraction of sp³-hybridized carbons (Fsp3) is 0.522. The van der Waals surface area contributed by atoms with E-state index in [0.717, 1.165) is 36.8 Å². The van der Waals surface area contributed by atoms with E-state index in [9.17, 15) is 5.11 Å². The lowest BCUT2D eigenvalue weighted by Crippen LogP contribution is -2.52. The van der Waals surface area contributed by atoms with Crippen LogP contribution in [0.3, 0.4) is 0 Å². The molecule has 3 N–H and O–H groups in total. The molecule has 1 aromatic carbocycles. The van der Waals surface area contributed by atoms with Gasteiger partial charge < -0.3 is 15.7 Å². The Balaban J connectivity index is 0.00000272. The molecular weight excluding hydrogens is 543 g/mol. The quantitative estimate of drug-likeness (QED) is 0.253. The molecule has 0 aliphatic carbocycles. The number of rotatable bonds is 7. The molecule has 8 heteroatoms. The van der Waals surface area contributed by atoms with Crippen LogP contribution in [0.5, 0.6) is 0 Å². The van der Waals surface area contributed by atoms with Gasteiger partial charge in [0.05, 0.1) is 10.9 Å². The van der Waals surface area contributed by atoms with Crippen LogP contribution in [0, 0.1) is 0 Å². The van der Waals surface area contributed by atoms with Crippen molar-refractivity contribution in [3.63, 3.8) is 0 Å². The number of hydrogen-bond donors (Lipinski definition) is 3. The number of benzene rings is 1. The molecule has 5 nitrogen and oxygen atoms in total. The molecule has 2 saturated heterocycles. The molecule has 31 heavy (non-hydrogen) atoms. The molecule has 2 aromatic rings. The Kier molecular flexibility index (Phi) is 9.46. The van der Waals surface area contributed by atoms with Crippen LogP contribution in [-0.2, 0) is 6.54 Å². The minimum Gasteiger partial charge on any atom is -0.386 e. The first kappa shape index (κ1) is 24.8. The van der Waals surface area contributed by atoms with E-state index in [1.165, 1.54) is 29.7 Å². The maximum atomic E-state index is 10.4.